The molecule has 1 atom stereocenters. The molecule has 0 saturated carbocycles. The minimum atomic E-state index is -0.462. The molecule has 1 saturated heterocycles. The number of aromatic nitrogens is 1. The molecule has 0 aliphatic carbocycles. The van der Waals surface area contributed by atoms with E-state index in [1.54, 1.807) is 6.20 Å². The number of carbonyl (C=O) groups excluding carboxylic acids is 1. The van der Waals surface area contributed by atoms with E-state index >= 15 is 0 Å². The van der Waals surface area contributed by atoms with Gasteiger partial charge in [0.15, 0.2) is 0 Å². The van der Waals surface area contributed by atoms with E-state index < -0.39 is 5.60 Å². The topological polar surface area (TPSA) is 63.7 Å². The van der Waals surface area contributed by atoms with E-state index in [1.807, 2.05) is 44.7 Å². The van der Waals surface area contributed by atoms with Crippen LogP contribution in [0.1, 0.15) is 40.5 Å². The van der Waals surface area contributed by atoms with Gasteiger partial charge >= 0.3 is 6.09 Å². The van der Waals surface area contributed by atoms with Crippen LogP contribution < -0.4 is 10.1 Å². The second-order valence-corrected chi connectivity index (χ2v) is 6.67. The highest BCUT2D eigenvalue weighted by Crippen LogP contribution is 2.21. The number of anilines is 1. The second-order valence-electron chi connectivity index (χ2n) is 6.67. The summed E-state index contributed by atoms with van der Waals surface area (Å²) in [5.74, 6) is 0.620. The number of likely N-dealkylation sites (tertiary alicyclic amines) is 1. The van der Waals surface area contributed by atoms with E-state index in [1.165, 1.54) is 0 Å². The summed E-state index contributed by atoms with van der Waals surface area (Å²) in [6, 6.07) is 3.92. The van der Waals surface area contributed by atoms with E-state index in [4.69, 9.17) is 9.47 Å². The van der Waals surface area contributed by atoms with Crippen LogP contribution in [0, 0.1) is 0 Å². The van der Waals surface area contributed by atoms with Crippen molar-refractivity contribution in [1.29, 1.82) is 0 Å². The van der Waals surface area contributed by atoms with Crippen molar-refractivity contribution in [3.8, 4) is 5.88 Å². The Morgan fingerprint density at radius 3 is 2.83 bits per heavy atom. The molecule has 1 aromatic heterocycles. The fraction of sp³-hybridized carbons (Fsp3) is 0.647. The van der Waals surface area contributed by atoms with Gasteiger partial charge in [-0.25, -0.2) is 9.78 Å². The Bertz CT molecular complexity index is 511. The third-order valence-electron chi connectivity index (χ3n) is 3.58. The van der Waals surface area contributed by atoms with Crippen molar-refractivity contribution >= 4 is 11.8 Å². The van der Waals surface area contributed by atoms with Crippen LogP contribution in [-0.4, -0.2) is 47.3 Å². The van der Waals surface area contributed by atoms with Gasteiger partial charge in [-0.1, -0.05) is 0 Å². The maximum Gasteiger partial charge on any atom is 0.410 e. The van der Waals surface area contributed by atoms with Crippen LogP contribution in [0.4, 0.5) is 10.5 Å². The molecule has 1 unspecified atom stereocenters. The maximum absolute atomic E-state index is 12.2. The lowest BCUT2D eigenvalue weighted by atomic mass is 10.2. The molecule has 6 heteroatoms. The first kappa shape index (κ1) is 17.4. The van der Waals surface area contributed by atoms with Crippen LogP contribution >= 0.6 is 0 Å². The van der Waals surface area contributed by atoms with Gasteiger partial charge in [-0.15, -0.1) is 0 Å². The monoisotopic (exact) mass is 321 g/mol. The molecular weight excluding hydrogens is 294 g/mol. The van der Waals surface area contributed by atoms with Crippen LogP contribution in [-0.2, 0) is 4.74 Å². The van der Waals surface area contributed by atoms with Gasteiger partial charge in [0.25, 0.3) is 0 Å². The molecule has 0 radical (unpaired) electrons. The molecule has 1 aliphatic rings. The van der Waals surface area contributed by atoms with E-state index in [0.717, 1.165) is 25.1 Å². The highest BCUT2D eigenvalue weighted by molar-refractivity contribution is 5.69. The van der Waals surface area contributed by atoms with Gasteiger partial charge in [0.2, 0.25) is 5.88 Å². The molecule has 0 spiro atoms. The number of rotatable bonds is 5. The number of carbonyl (C=O) groups is 1. The summed E-state index contributed by atoms with van der Waals surface area (Å²) in [7, 11) is 0. The fourth-order valence-electron chi connectivity index (χ4n) is 2.56. The molecule has 1 fully saturated rings. The summed E-state index contributed by atoms with van der Waals surface area (Å²) in [5.41, 5.74) is 0.459. The number of pyridine rings is 1. The van der Waals surface area contributed by atoms with Gasteiger partial charge in [0.05, 0.1) is 24.5 Å². The zero-order valence-corrected chi connectivity index (χ0v) is 14.5. The summed E-state index contributed by atoms with van der Waals surface area (Å²) < 4.78 is 10.8. The Morgan fingerprint density at radius 1 is 1.43 bits per heavy atom. The van der Waals surface area contributed by atoms with E-state index in [-0.39, 0.29) is 12.1 Å². The lowest BCUT2D eigenvalue weighted by Gasteiger charge is -2.28. The van der Waals surface area contributed by atoms with Gasteiger partial charge in [0, 0.05) is 19.2 Å². The summed E-state index contributed by atoms with van der Waals surface area (Å²) in [4.78, 5) is 18.3. The minimum absolute atomic E-state index is 0.149. The molecule has 6 nitrogen and oxygen atoms in total. The molecule has 1 amide bonds. The lowest BCUT2D eigenvalue weighted by molar-refractivity contribution is 0.0235. The average molecular weight is 321 g/mol. The van der Waals surface area contributed by atoms with Crippen molar-refractivity contribution in [3.05, 3.63) is 18.3 Å². The third-order valence-corrected chi connectivity index (χ3v) is 3.58. The molecule has 128 valence electrons. The molecule has 1 aliphatic heterocycles. The summed E-state index contributed by atoms with van der Waals surface area (Å²) in [6.07, 6.45) is 3.51. The minimum Gasteiger partial charge on any atom is -0.478 e. The summed E-state index contributed by atoms with van der Waals surface area (Å²) in [6.45, 7) is 9.64. The van der Waals surface area contributed by atoms with Crippen molar-refractivity contribution in [2.24, 2.45) is 0 Å². The Hall–Kier alpha value is -1.98. The first-order valence-corrected chi connectivity index (χ1v) is 8.21. The first-order chi connectivity index (χ1) is 10.9. The molecule has 0 aromatic carbocycles. The van der Waals surface area contributed by atoms with Crippen LogP contribution in [0.3, 0.4) is 0 Å². The number of ether oxygens (including phenoxy) is 2. The SMILES string of the molecule is CCOc1ccc(NCC2CCCN2C(=O)OC(C)(C)C)cn1. The molecule has 1 aromatic rings. The third kappa shape index (κ3) is 5.30. The first-order valence-electron chi connectivity index (χ1n) is 8.21. The number of hydrogen-bond acceptors (Lipinski definition) is 5. The van der Waals surface area contributed by atoms with Crippen molar-refractivity contribution in [1.82, 2.24) is 9.88 Å². The van der Waals surface area contributed by atoms with Gasteiger partial charge < -0.3 is 19.7 Å². The van der Waals surface area contributed by atoms with Crippen molar-refractivity contribution < 1.29 is 14.3 Å². The number of nitrogens with zero attached hydrogens (tertiary/aromatic N) is 2. The lowest BCUT2D eigenvalue weighted by Crippen LogP contribution is -2.42. The highest BCUT2D eigenvalue weighted by Gasteiger charge is 2.31. The van der Waals surface area contributed by atoms with E-state index in [2.05, 4.69) is 10.3 Å². The van der Waals surface area contributed by atoms with Crippen molar-refractivity contribution in [2.75, 3.05) is 25.0 Å². The van der Waals surface area contributed by atoms with Gasteiger partial charge in [-0.2, -0.15) is 0 Å². The number of hydrogen-bond donors (Lipinski definition) is 1. The average Bonchev–Trinajstić information content (AvgIpc) is 2.94. The van der Waals surface area contributed by atoms with Crippen LogP contribution in [0.2, 0.25) is 0 Å². The van der Waals surface area contributed by atoms with Crippen molar-refractivity contribution in [2.45, 2.75) is 52.2 Å². The van der Waals surface area contributed by atoms with Gasteiger partial charge in [0.1, 0.15) is 5.60 Å². The van der Waals surface area contributed by atoms with E-state index in [0.29, 0.717) is 19.0 Å². The van der Waals surface area contributed by atoms with Crippen LogP contribution in [0.25, 0.3) is 0 Å². The Balaban J connectivity index is 1.87. The van der Waals surface area contributed by atoms with Gasteiger partial charge in [-0.05, 0) is 46.6 Å². The zero-order valence-electron chi connectivity index (χ0n) is 14.5. The molecule has 1 N–H and O–H groups in total. The van der Waals surface area contributed by atoms with Crippen LogP contribution in [0.15, 0.2) is 18.3 Å². The van der Waals surface area contributed by atoms with E-state index in [9.17, 15) is 4.79 Å². The largest absolute Gasteiger partial charge is 0.478 e. The second kappa shape index (κ2) is 7.53. The molecule has 23 heavy (non-hydrogen) atoms. The zero-order chi connectivity index (χ0) is 16.9. The smallest absolute Gasteiger partial charge is 0.410 e. The molecule has 2 heterocycles. The fourth-order valence-corrected chi connectivity index (χ4v) is 2.56. The highest BCUT2D eigenvalue weighted by atomic mass is 16.6. The number of nitrogens with one attached hydrogen (secondary N) is 1. The molecule has 2 rings (SSSR count). The Labute approximate surface area is 138 Å². The van der Waals surface area contributed by atoms with Gasteiger partial charge in [-0.3, -0.25) is 0 Å². The maximum atomic E-state index is 12.2. The predicted octanol–water partition coefficient (Wildman–Crippen LogP) is 3.29. The quantitative estimate of drug-likeness (QED) is 0.901. The Morgan fingerprint density at radius 2 is 2.22 bits per heavy atom. The Kier molecular flexibility index (Phi) is 5.69. The van der Waals surface area contributed by atoms with Crippen molar-refractivity contribution in [3.63, 3.8) is 0 Å². The number of amides is 1. The summed E-state index contributed by atoms with van der Waals surface area (Å²) in [5, 5.41) is 3.34. The standard InChI is InChI=1S/C17H27N3O3/c1-5-22-15-9-8-13(11-19-15)18-12-14-7-6-10-20(14)16(21)23-17(2,3)4/h8-9,11,14,18H,5-7,10,12H2,1-4H3. The summed E-state index contributed by atoms with van der Waals surface area (Å²) >= 11 is 0. The molecule has 0 bridgehead atoms. The normalized spacial score (nSPS) is 17.9. The predicted molar refractivity (Wildman–Crippen MR) is 89.9 cm³/mol. The van der Waals surface area contributed by atoms with Crippen LogP contribution in [0.5, 0.6) is 5.88 Å². The molecular formula is C17H27N3O3.